The van der Waals surface area contributed by atoms with Crippen LogP contribution >= 0.6 is 11.8 Å². The van der Waals surface area contributed by atoms with Gasteiger partial charge in [-0.3, -0.25) is 9.36 Å². The van der Waals surface area contributed by atoms with Gasteiger partial charge >= 0.3 is 0 Å². The molecule has 22 heavy (non-hydrogen) atoms. The minimum Gasteiger partial charge on any atom is -0.351 e. The van der Waals surface area contributed by atoms with Crippen molar-refractivity contribution in [3.8, 4) is 5.69 Å². The van der Waals surface area contributed by atoms with Crippen LogP contribution in [0.15, 0.2) is 35.7 Å². The van der Waals surface area contributed by atoms with E-state index in [1.165, 1.54) is 11.8 Å². The van der Waals surface area contributed by atoms with Crippen LogP contribution in [0.4, 0.5) is 0 Å². The molecule has 118 valence electrons. The Hall–Kier alpha value is -1.82. The third-order valence-electron chi connectivity index (χ3n) is 3.04. The Labute approximate surface area is 135 Å². The molecule has 1 atom stereocenters. The van der Waals surface area contributed by atoms with Crippen molar-refractivity contribution in [2.75, 3.05) is 0 Å². The summed E-state index contributed by atoms with van der Waals surface area (Å²) in [6, 6.07) is 8.03. The number of benzene rings is 1. The quantitative estimate of drug-likeness (QED) is 0.881. The zero-order valence-electron chi connectivity index (χ0n) is 13.6. The third-order valence-corrected chi connectivity index (χ3v) is 4.10. The predicted molar refractivity (Wildman–Crippen MR) is 89.3 cm³/mol. The van der Waals surface area contributed by atoms with Crippen LogP contribution in [0.2, 0.25) is 0 Å². The lowest BCUT2D eigenvalue weighted by atomic mass is 10.1. The Morgan fingerprint density at radius 2 is 2.00 bits per heavy atom. The molecule has 1 heterocycles. The Balaban J connectivity index is 2.17. The van der Waals surface area contributed by atoms with Crippen LogP contribution < -0.4 is 5.32 Å². The molecule has 0 aliphatic heterocycles. The van der Waals surface area contributed by atoms with Gasteiger partial charge in [0.1, 0.15) is 6.33 Å². The van der Waals surface area contributed by atoms with Gasteiger partial charge in [0, 0.05) is 5.54 Å². The van der Waals surface area contributed by atoms with E-state index in [4.69, 9.17) is 0 Å². The van der Waals surface area contributed by atoms with Crippen LogP contribution in [0.1, 0.15) is 33.3 Å². The van der Waals surface area contributed by atoms with E-state index in [2.05, 4.69) is 15.5 Å². The largest absolute Gasteiger partial charge is 0.351 e. The number of hydrogen-bond donors (Lipinski definition) is 1. The molecule has 1 aromatic heterocycles. The topological polar surface area (TPSA) is 59.8 Å². The van der Waals surface area contributed by atoms with Crippen LogP contribution in [-0.4, -0.2) is 31.5 Å². The van der Waals surface area contributed by atoms with Crippen LogP contribution in [0.3, 0.4) is 0 Å². The first-order chi connectivity index (χ1) is 10.3. The normalized spacial score (nSPS) is 13.0. The SMILES string of the molecule is Cc1ccccc1-n1cnnc1SC(C)C(=O)NC(C)(C)C. The van der Waals surface area contributed by atoms with E-state index in [1.54, 1.807) is 6.33 Å². The molecule has 5 nitrogen and oxygen atoms in total. The molecule has 0 saturated heterocycles. The molecule has 0 fully saturated rings. The fraction of sp³-hybridized carbons (Fsp3) is 0.438. The van der Waals surface area contributed by atoms with Gasteiger partial charge in [-0.1, -0.05) is 30.0 Å². The molecular weight excluding hydrogens is 296 g/mol. The highest BCUT2D eigenvalue weighted by Gasteiger charge is 2.22. The lowest BCUT2D eigenvalue weighted by Gasteiger charge is -2.22. The zero-order chi connectivity index (χ0) is 16.3. The van der Waals surface area contributed by atoms with Crippen LogP contribution in [0, 0.1) is 6.92 Å². The van der Waals surface area contributed by atoms with Gasteiger partial charge in [-0.25, -0.2) is 0 Å². The molecule has 2 rings (SSSR count). The highest BCUT2D eigenvalue weighted by Crippen LogP contribution is 2.25. The fourth-order valence-corrected chi connectivity index (χ4v) is 2.82. The molecule has 1 aromatic carbocycles. The van der Waals surface area contributed by atoms with Crippen LogP contribution in [0.25, 0.3) is 5.69 Å². The summed E-state index contributed by atoms with van der Waals surface area (Å²) in [6.45, 7) is 9.83. The Bertz CT molecular complexity index is 660. The molecular formula is C16H22N4OS. The maximum Gasteiger partial charge on any atom is 0.233 e. The first-order valence-electron chi connectivity index (χ1n) is 7.22. The number of amides is 1. The number of nitrogens with zero attached hydrogens (tertiary/aromatic N) is 3. The van der Waals surface area contributed by atoms with E-state index in [0.717, 1.165) is 11.3 Å². The number of nitrogens with one attached hydrogen (secondary N) is 1. The molecule has 0 radical (unpaired) electrons. The summed E-state index contributed by atoms with van der Waals surface area (Å²) in [7, 11) is 0. The van der Waals surface area contributed by atoms with Crippen molar-refractivity contribution >= 4 is 17.7 Å². The molecule has 6 heteroatoms. The summed E-state index contributed by atoms with van der Waals surface area (Å²) < 4.78 is 1.92. The maximum atomic E-state index is 12.2. The molecule has 0 bridgehead atoms. The van der Waals surface area contributed by atoms with Crippen molar-refractivity contribution in [3.05, 3.63) is 36.2 Å². The van der Waals surface area contributed by atoms with Crippen LogP contribution in [0.5, 0.6) is 0 Å². The lowest BCUT2D eigenvalue weighted by molar-refractivity contribution is -0.121. The van der Waals surface area contributed by atoms with E-state index in [9.17, 15) is 4.79 Å². The molecule has 0 saturated carbocycles. The highest BCUT2D eigenvalue weighted by molar-refractivity contribution is 8.00. The maximum absolute atomic E-state index is 12.2. The van der Waals surface area contributed by atoms with E-state index in [1.807, 2.05) is 63.5 Å². The Kier molecular flexibility index (Phi) is 4.90. The average Bonchev–Trinajstić information content (AvgIpc) is 2.85. The minimum atomic E-state index is -0.244. The number of rotatable bonds is 4. The van der Waals surface area contributed by atoms with Crippen molar-refractivity contribution in [2.24, 2.45) is 0 Å². The summed E-state index contributed by atoms with van der Waals surface area (Å²) >= 11 is 1.41. The van der Waals surface area contributed by atoms with Crippen molar-refractivity contribution in [2.45, 2.75) is 50.6 Å². The predicted octanol–water partition coefficient (Wildman–Crippen LogP) is 2.97. The first-order valence-corrected chi connectivity index (χ1v) is 8.10. The number of para-hydroxylation sites is 1. The summed E-state index contributed by atoms with van der Waals surface area (Å²) in [5.74, 6) is -0.00293. The molecule has 0 aliphatic carbocycles. The number of carbonyl (C=O) groups excluding carboxylic acids is 1. The van der Waals surface area contributed by atoms with Gasteiger partial charge in [-0.05, 0) is 46.2 Å². The van der Waals surface area contributed by atoms with Gasteiger partial charge in [-0.2, -0.15) is 0 Å². The van der Waals surface area contributed by atoms with Gasteiger partial charge in [0.2, 0.25) is 5.91 Å². The summed E-state index contributed by atoms with van der Waals surface area (Å²) in [6.07, 6.45) is 1.68. The monoisotopic (exact) mass is 318 g/mol. The highest BCUT2D eigenvalue weighted by atomic mass is 32.2. The average molecular weight is 318 g/mol. The van der Waals surface area contributed by atoms with E-state index < -0.39 is 0 Å². The van der Waals surface area contributed by atoms with Gasteiger partial charge in [0.15, 0.2) is 5.16 Å². The van der Waals surface area contributed by atoms with Crippen molar-refractivity contribution in [1.29, 1.82) is 0 Å². The smallest absolute Gasteiger partial charge is 0.233 e. The van der Waals surface area contributed by atoms with Gasteiger partial charge in [-0.15, -0.1) is 10.2 Å². The summed E-state index contributed by atoms with van der Waals surface area (Å²) in [5, 5.41) is 11.6. The number of carbonyl (C=O) groups is 1. The van der Waals surface area contributed by atoms with Crippen LogP contribution in [-0.2, 0) is 4.79 Å². The third kappa shape index (κ3) is 4.10. The van der Waals surface area contributed by atoms with Gasteiger partial charge in [0.25, 0.3) is 0 Å². The number of aromatic nitrogens is 3. The molecule has 0 aliphatic rings. The lowest BCUT2D eigenvalue weighted by Crippen LogP contribution is -2.44. The fourth-order valence-electron chi connectivity index (χ4n) is 1.99. The molecule has 1 N–H and O–H groups in total. The second kappa shape index (κ2) is 6.52. The van der Waals surface area contributed by atoms with Gasteiger partial charge in [0.05, 0.1) is 10.9 Å². The Morgan fingerprint density at radius 1 is 1.32 bits per heavy atom. The first kappa shape index (κ1) is 16.5. The second-order valence-electron chi connectivity index (χ2n) is 6.27. The van der Waals surface area contributed by atoms with E-state index in [0.29, 0.717) is 5.16 Å². The van der Waals surface area contributed by atoms with E-state index >= 15 is 0 Å². The number of aryl methyl sites for hydroxylation is 1. The standard InChI is InChI=1S/C16H22N4OS/c1-11-8-6-7-9-13(11)20-10-17-19-15(20)22-12(2)14(21)18-16(3,4)5/h6-10,12H,1-5H3,(H,18,21). The van der Waals surface area contributed by atoms with Crippen molar-refractivity contribution < 1.29 is 4.79 Å². The number of hydrogen-bond acceptors (Lipinski definition) is 4. The molecule has 1 unspecified atom stereocenters. The Morgan fingerprint density at radius 3 is 2.64 bits per heavy atom. The summed E-state index contributed by atoms with van der Waals surface area (Å²) in [4.78, 5) is 12.2. The molecule has 2 aromatic rings. The molecule has 1 amide bonds. The minimum absolute atomic E-state index is 0.00293. The van der Waals surface area contributed by atoms with E-state index in [-0.39, 0.29) is 16.7 Å². The van der Waals surface area contributed by atoms with Crippen molar-refractivity contribution in [1.82, 2.24) is 20.1 Å². The van der Waals surface area contributed by atoms with Crippen molar-refractivity contribution in [3.63, 3.8) is 0 Å². The molecule has 0 spiro atoms. The van der Waals surface area contributed by atoms with Gasteiger partial charge < -0.3 is 5.32 Å². The summed E-state index contributed by atoms with van der Waals surface area (Å²) in [5.41, 5.74) is 1.92. The number of thioether (sulfide) groups is 1. The second-order valence-corrected chi connectivity index (χ2v) is 7.58. The zero-order valence-corrected chi connectivity index (χ0v) is 14.4.